The van der Waals surface area contributed by atoms with Gasteiger partial charge in [-0.2, -0.15) is 0 Å². The van der Waals surface area contributed by atoms with Gasteiger partial charge in [-0.25, -0.2) is 27.8 Å². The number of nitrogen functional groups attached to an aromatic ring is 1. The Morgan fingerprint density at radius 1 is 1.27 bits per heavy atom. The number of aromatic nitrogens is 4. The largest absolute Gasteiger partial charge is 0.492 e. The third-order valence-corrected chi connectivity index (χ3v) is 6.94. The number of carbonyl (C=O) groups is 1. The summed E-state index contributed by atoms with van der Waals surface area (Å²) in [6, 6.07) is 7.13. The molecule has 12 heteroatoms. The number of sulfonamides is 1. The fraction of sp³-hybridized carbons (Fsp3) is 0.333. The van der Waals surface area contributed by atoms with Crippen molar-refractivity contribution in [1.82, 2.24) is 24.5 Å². The van der Waals surface area contributed by atoms with Crippen molar-refractivity contribution < 1.29 is 18.3 Å². The van der Waals surface area contributed by atoms with Crippen LogP contribution in [0.3, 0.4) is 0 Å². The molecule has 1 amide bonds. The van der Waals surface area contributed by atoms with Gasteiger partial charge in [0, 0.05) is 30.5 Å². The molecule has 1 atom stereocenters. The second-order valence-electron chi connectivity index (χ2n) is 8.71. The van der Waals surface area contributed by atoms with E-state index in [0.29, 0.717) is 24.1 Å². The third-order valence-electron chi connectivity index (χ3n) is 5.56. The van der Waals surface area contributed by atoms with Crippen LogP contribution in [-0.4, -0.2) is 51.3 Å². The Bertz CT molecular complexity index is 1320. The molecule has 174 valence electrons. The Morgan fingerprint density at radius 3 is 2.64 bits per heavy atom. The van der Waals surface area contributed by atoms with E-state index in [4.69, 9.17) is 5.73 Å². The number of carbonyl (C=O) groups excluding carboxylic acids is 1. The molecule has 0 saturated carbocycles. The fourth-order valence-corrected chi connectivity index (χ4v) is 5.26. The van der Waals surface area contributed by atoms with Crippen LogP contribution in [0.2, 0.25) is 0 Å². The SMILES string of the molecule is C[C@@H]1CN(c2nc(-n3ccc(O)n3)ccc2C(=O)NS(=O)(=O)c2cccnc2N)C(C)(C)C1. The first-order valence-corrected chi connectivity index (χ1v) is 11.8. The zero-order valence-corrected chi connectivity index (χ0v) is 19.2. The normalized spacial score (nSPS) is 17.8. The molecule has 3 aromatic heterocycles. The average Bonchev–Trinajstić information content (AvgIpc) is 3.28. The second-order valence-corrected chi connectivity index (χ2v) is 10.4. The van der Waals surface area contributed by atoms with Gasteiger partial charge in [-0.3, -0.25) is 4.79 Å². The summed E-state index contributed by atoms with van der Waals surface area (Å²) in [6.45, 7) is 6.82. The van der Waals surface area contributed by atoms with Crippen LogP contribution in [-0.2, 0) is 10.0 Å². The summed E-state index contributed by atoms with van der Waals surface area (Å²) in [6.07, 6.45) is 3.77. The Hall–Kier alpha value is -3.67. The van der Waals surface area contributed by atoms with Gasteiger partial charge < -0.3 is 15.7 Å². The van der Waals surface area contributed by atoms with Gasteiger partial charge in [0.05, 0.1) is 5.56 Å². The number of nitrogens with zero attached hydrogens (tertiary/aromatic N) is 5. The molecule has 0 unspecified atom stereocenters. The van der Waals surface area contributed by atoms with E-state index >= 15 is 0 Å². The molecular weight excluding hydrogens is 446 g/mol. The number of nitrogens with two attached hydrogens (primary N) is 1. The van der Waals surface area contributed by atoms with Gasteiger partial charge in [0.25, 0.3) is 15.9 Å². The molecule has 0 bridgehead atoms. The van der Waals surface area contributed by atoms with E-state index in [2.05, 4.69) is 26.7 Å². The van der Waals surface area contributed by atoms with Gasteiger partial charge in [0.2, 0.25) is 5.88 Å². The monoisotopic (exact) mass is 471 g/mol. The molecule has 0 aliphatic carbocycles. The Kier molecular flexibility index (Phi) is 5.48. The smallest absolute Gasteiger partial charge is 0.268 e. The maximum absolute atomic E-state index is 13.2. The van der Waals surface area contributed by atoms with E-state index in [1.54, 1.807) is 0 Å². The van der Waals surface area contributed by atoms with Crippen LogP contribution in [0.4, 0.5) is 11.6 Å². The van der Waals surface area contributed by atoms with Crippen molar-refractivity contribution >= 4 is 27.6 Å². The van der Waals surface area contributed by atoms with Crippen LogP contribution in [0.1, 0.15) is 37.6 Å². The number of rotatable bonds is 5. The van der Waals surface area contributed by atoms with Crippen molar-refractivity contribution in [1.29, 1.82) is 0 Å². The molecular formula is C21H25N7O4S. The highest BCUT2D eigenvalue weighted by atomic mass is 32.2. The van der Waals surface area contributed by atoms with E-state index in [1.165, 1.54) is 47.4 Å². The number of anilines is 2. The number of amides is 1. The van der Waals surface area contributed by atoms with Gasteiger partial charge in [-0.05, 0) is 50.5 Å². The number of pyridine rings is 2. The van der Waals surface area contributed by atoms with Crippen LogP contribution in [0, 0.1) is 5.92 Å². The average molecular weight is 472 g/mol. The molecule has 4 rings (SSSR count). The summed E-state index contributed by atoms with van der Waals surface area (Å²) in [7, 11) is -4.26. The van der Waals surface area contributed by atoms with Crippen molar-refractivity contribution in [2.45, 2.75) is 37.6 Å². The predicted molar refractivity (Wildman–Crippen MR) is 122 cm³/mol. The van der Waals surface area contributed by atoms with Gasteiger partial charge in [-0.1, -0.05) is 6.92 Å². The molecule has 4 heterocycles. The molecule has 3 aromatic rings. The van der Waals surface area contributed by atoms with Crippen molar-refractivity contribution in [3.63, 3.8) is 0 Å². The van der Waals surface area contributed by atoms with Gasteiger partial charge in [0.1, 0.15) is 16.5 Å². The minimum atomic E-state index is -4.26. The molecule has 0 radical (unpaired) electrons. The molecule has 1 aliphatic heterocycles. The Morgan fingerprint density at radius 2 is 2.03 bits per heavy atom. The van der Waals surface area contributed by atoms with Crippen molar-refractivity contribution in [3.8, 4) is 11.7 Å². The highest BCUT2D eigenvalue weighted by molar-refractivity contribution is 7.90. The quantitative estimate of drug-likeness (QED) is 0.504. The molecule has 0 aromatic carbocycles. The molecule has 4 N–H and O–H groups in total. The van der Waals surface area contributed by atoms with Crippen LogP contribution in [0.25, 0.3) is 5.82 Å². The van der Waals surface area contributed by atoms with E-state index in [-0.39, 0.29) is 27.7 Å². The second kappa shape index (κ2) is 8.03. The minimum Gasteiger partial charge on any atom is -0.492 e. The number of hydrogen-bond donors (Lipinski definition) is 3. The van der Waals surface area contributed by atoms with E-state index in [0.717, 1.165) is 6.42 Å². The van der Waals surface area contributed by atoms with Gasteiger partial charge in [-0.15, -0.1) is 5.10 Å². The first-order valence-electron chi connectivity index (χ1n) is 10.3. The lowest BCUT2D eigenvalue weighted by atomic mass is 9.97. The summed E-state index contributed by atoms with van der Waals surface area (Å²) in [5.74, 6) is -0.185. The lowest BCUT2D eigenvalue weighted by Gasteiger charge is -2.34. The summed E-state index contributed by atoms with van der Waals surface area (Å²) < 4.78 is 29.1. The summed E-state index contributed by atoms with van der Waals surface area (Å²) >= 11 is 0. The highest BCUT2D eigenvalue weighted by Gasteiger charge is 2.39. The Labute approximate surface area is 191 Å². The molecule has 1 fully saturated rings. The van der Waals surface area contributed by atoms with Crippen LogP contribution in [0.5, 0.6) is 5.88 Å². The van der Waals surface area contributed by atoms with Crippen LogP contribution < -0.4 is 15.4 Å². The van der Waals surface area contributed by atoms with Crippen molar-refractivity contribution in [2.75, 3.05) is 17.2 Å². The lowest BCUT2D eigenvalue weighted by molar-refractivity contribution is 0.0981. The van der Waals surface area contributed by atoms with Gasteiger partial charge >= 0.3 is 0 Å². The topological polar surface area (TPSA) is 156 Å². The maximum atomic E-state index is 13.2. The van der Waals surface area contributed by atoms with Crippen LogP contribution >= 0.6 is 0 Å². The molecule has 0 spiro atoms. The Balaban J connectivity index is 1.77. The first kappa shape index (κ1) is 22.5. The first-order chi connectivity index (χ1) is 15.5. The van der Waals surface area contributed by atoms with E-state index < -0.39 is 15.9 Å². The molecule has 11 nitrogen and oxygen atoms in total. The summed E-state index contributed by atoms with van der Waals surface area (Å²) in [5.41, 5.74) is 5.46. The predicted octanol–water partition coefficient (Wildman–Crippen LogP) is 1.69. The summed E-state index contributed by atoms with van der Waals surface area (Å²) in [4.78, 5) is 23.3. The van der Waals surface area contributed by atoms with Gasteiger partial charge in [0.15, 0.2) is 5.82 Å². The fourth-order valence-electron chi connectivity index (χ4n) is 4.21. The number of nitrogens with one attached hydrogen (secondary N) is 1. The van der Waals surface area contributed by atoms with Crippen molar-refractivity contribution in [3.05, 3.63) is 48.3 Å². The molecule has 1 saturated heterocycles. The zero-order chi connectivity index (χ0) is 24.0. The van der Waals surface area contributed by atoms with Crippen LogP contribution in [0.15, 0.2) is 47.6 Å². The summed E-state index contributed by atoms with van der Waals surface area (Å²) in [5, 5.41) is 13.6. The minimum absolute atomic E-state index is 0.0864. The molecule has 33 heavy (non-hydrogen) atoms. The van der Waals surface area contributed by atoms with E-state index in [9.17, 15) is 18.3 Å². The number of aromatic hydroxyl groups is 1. The standard InChI is InChI=1S/C21H25N7O4S/c1-13-11-21(2,3)27(12-13)19-14(6-7-16(24-19)28-10-8-17(29)25-28)20(30)26-33(31,32)15-5-4-9-23-18(15)22/h4-10,13H,11-12H2,1-3H3,(H2,22,23)(H,25,29)(H,26,30)/t13-/m0/s1. The maximum Gasteiger partial charge on any atom is 0.268 e. The highest BCUT2D eigenvalue weighted by Crippen LogP contribution is 2.37. The lowest BCUT2D eigenvalue weighted by Crippen LogP contribution is -2.41. The third kappa shape index (κ3) is 4.33. The van der Waals surface area contributed by atoms with E-state index in [1.807, 2.05) is 18.7 Å². The van der Waals surface area contributed by atoms with Crippen molar-refractivity contribution in [2.24, 2.45) is 5.92 Å². The zero-order valence-electron chi connectivity index (χ0n) is 18.4. The number of hydrogen-bond acceptors (Lipinski definition) is 9. The molecule has 1 aliphatic rings.